The third-order valence-corrected chi connectivity index (χ3v) is 0.800. The summed E-state index contributed by atoms with van der Waals surface area (Å²) in [6, 6.07) is 0. The third-order valence-electron chi connectivity index (χ3n) is 0.800. The van der Waals surface area contributed by atoms with Crippen LogP contribution in [0.5, 0.6) is 0 Å². The maximum absolute atomic E-state index is 8.45. The molecule has 0 aliphatic heterocycles. The topological polar surface area (TPSA) is 80.9 Å². The van der Waals surface area contributed by atoms with Crippen LogP contribution in [0.4, 0.5) is 0 Å². The molecule has 0 rings (SSSR count). The molecule has 0 aromatic rings. The zero-order valence-electron chi connectivity index (χ0n) is 4.52. The summed E-state index contributed by atoms with van der Waals surface area (Å²) in [5, 5.41) is 33.1. The van der Waals surface area contributed by atoms with Crippen LogP contribution >= 0.6 is 0 Å². The molecule has 8 heavy (non-hydrogen) atoms. The summed E-state index contributed by atoms with van der Waals surface area (Å²) in [5.41, 5.74) is 0. The Morgan fingerprint density at radius 2 is 1.38 bits per heavy atom. The lowest BCUT2D eigenvalue weighted by Gasteiger charge is -2.14. The van der Waals surface area contributed by atoms with Crippen molar-refractivity contribution in [1.82, 2.24) is 0 Å². The Labute approximate surface area is 47.0 Å². The summed E-state index contributed by atoms with van der Waals surface area (Å²) >= 11 is 0. The van der Waals surface area contributed by atoms with E-state index in [4.69, 9.17) is 20.4 Å². The molecule has 4 heteroatoms. The van der Waals surface area contributed by atoms with Gasteiger partial charge in [0.05, 0.1) is 6.10 Å². The van der Waals surface area contributed by atoms with Gasteiger partial charge in [0.25, 0.3) is 0 Å². The SMILES string of the molecule is C[C@@H](O)[C@@H](O)C(O)O. The quantitative estimate of drug-likeness (QED) is 0.320. The lowest BCUT2D eigenvalue weighted by Crippen LogP contribution is -2.34. The first-order valence-electron chi connectivity index (χ1n) is 2.28. The fourth-order valence-corrected chi connectivity index (χ4v) is 0.249. The van der Waals surface area contributed by atoms with Crippen molar-refractivity contribution in [3.05, 3.63) is 0 Å². The van der Waals surface area contributed by atoms with Crippen LogP contribution in [0.3, 0.4) is 0 Å². The van der Waals surface area contributed by atoms with Gasteiger partial charge < -0.3 is 20.4 Å². The van der Waals surface area contributed by atoms with Crippen molar-refractivity contribution >= 4 is 0 Å². The monoisotopic (exact) mass is 122 g/mol. The molecule has 0 amide bonds. The van der Waals surface area contributed by atoms with E-state index >= 15 is 0 Å². The van der Waals surface area contributed by atoms with Gasteiger partial charge in [0.1, 0.15) is 6.10 Å². The molecule has 0 bridgehead atoms. The Morgan fingerprint density at radius 1 is 1.00 bits per heavy atom. The van der Waals surface area contributed by atoms with Gasteiger partial charge in [-0.05, 0) is 6.92 Å². The van der Waals surface area contributed by atoms with E-state index in [0.29, 0.717) is 0 Å². The molecule has 0 saturated heterocycles. The van der Waals surface area contributed by atoms with Crippen LogP contribution in [-0.2, 0) is 0 Å². The van der Waals surface area contributed by atoms with Gasteiger partial charge in [0.2, 0.25) is 0 Å². The molecule has 0 aromatic carbocycles. The van der Waals surface area contributed by atoms with E-state index in [2.05, 4.69) is 0 Å². The van der Waals surface area contributed by atoms with E-state index in [1.54, 1.807) is 0 Å². The predicted molar refractivity (Wildman–Crippen MR) is 25.9 cm³/mol. The Kier molecular flexibility index (Phi) is 2.93. The molecule has 0 aliphatic rings. The molecule has 0 heterocycles. The van der Waals surface area contributed by atoms with Crippen LogP contribution in [0.1, 0.15) is 6.92 Å². The summed E-state index contributed by atoms with van der Waals surface area (Å²) in [6.07, 6.45) is -4.42. The molecular weight excluding hydrogens is 112 g/mol. The van der Waals surface area contributed by atoms with Crippen molar-refractivity contribution in [2.24, 2.45) is 0 Å². The highest BCUT2D eigenvalue weighted by atomic mass is 16.5. The summed E-state index contributed by atoms with van der Waals surface area (Å²) in [7, 11) is 0. The number of hydrogen-bond acceptors (Lipinski definition) is 4. The molecule has 4 N–H and O–H groups in total. The molecular formula is C4H10O4. The van der Waals surface area contributed by atoms with Crippen LogP contribution in [0.2, 0.25) is 0 Å². The second-order valence-corrected chi connectivity index (χ2v) is 1.64. The van der Waals surface area contributed by atoms with Crippen LogP contribution in [0, 0.1) is 0 Å². The minimum absolute atomic E-state index is 1.10. The molecule has 0 aliphatic carbocycles. The van der Waals surface area contributed by atoms with Crippen molar-refractivity contribution in [1.29, 1.82) is 0 Å². The molecule has 0 saturated carbocycles. The molecule has 0 aromatic heterocycles. The van der Waals surface area contributed by atoms with Crippen LogP contribution in [-0.4, -0.2) is 38.9 Å². The summed E-state index contributed by atoms with van der Waals surface area (Å²) < 4.78 is 0. The van der Waals surface area contributed by atoms with Gasteiger partial charge >= 0.3 is 0 Å². The first-order valence-corrected chi connectivity index (χ1v) is 2.28. The molecule has 50 valence electrons. The van der Waals surface area contributed by atoms with Gasteiger partial charge in [0, 0.05) is 0 Å². The van der Waals surface area contributed by atoms with Crippen molar-refractivity contribution in [3.8, 4) is 0 Å². The standard InChI is InChI=1S/C4H10O4/c1-2(5)3(6)4(7)8/h2-8H,1H3/t2-,3-/m1/s1. The smallest absolute Gasteiger partial charge is 0.180 e. The second kappa shape index (κ2) is 2.99. The van der Waals surface area contributed by atoms with Crippen molar-refractivity contribution < 1.29 is 20.4 Å². The van der Waals surface area contributed by atoms with Gasteiger partial charge in [-0.1, -0.05) is 0 Å². The summed E-state index contributed by atoms with van der Waals surface area (Å²) in [5.74, 6) is 0. The van der Waals surface area contributed by atoms with Gasteiger partial charge in [-0.25, -0.2) is 0 Å². The van der Waals surface area contributed by atoms with Crippen molar-refractivity contribution in [3.63, 3.8) is 0 Å². The van der Waals surface area contributed by atoms with Gasteiger partial charge in [-0.15, -0.1) is 0 Å². The number of aliphatic hydroxyl groups excluding tert-OH is 3. The highest BCUT2D eigenvalue weighted by molar-refractivity contribution is 4.61. The molecule has 0 radical (unpaired) electrons. The normalized spacial score (nSPS) is 18.8. The van der Waals surface area contributed by atoms with E-state index in [9.17, 15) is 0 Å². The van der Waals surface area contributed by atoms with Crippen molar-refractivity contribution in [2.45, 2.75) is 25.4 Å². The van der Waals surface area contributed by atoms with E-state index in [1.165, 1.54) is 6.92 Å². The lowest BCUT2D eigenvalue weighted by molar-refractivity contribution is -0.153. The highest BCUT2D eigenvalue weighted by Crippen LogP contribution is 1.94. The predicted octanol–water partition coefficient (Wildman–Crippen LogP) is -1.96. The fraction of sp³-hybridized carbons (Fsp3) is 1.00. The largest absolute Gasteiger partial charge is 0.391 e. The van der Waals surface area contributed by atoms with Crippen LogP contribution in [0.15, 0.2) is 0 Å². The maximum atomic E-state index is 8.45. The first-order chi connectivity index (χ1) is 3.55. The lowest BCUT2D eigenvalue weighted by atomic mass is 10.2. The molecule has 4 nitrogen and oxygen atoms in total. The molecule has 2 atom stereocenters. The van der Waals surface area contributed by atoms with E-state index < -0.39 is 18.5 Å². The van der Waals surface area contributed by atoms with Gasteiger partial charge in [-0.2, -0.15) is 0 Å². The van der Waals surface area contributed by atoms with Crippen LogP contribution in [0.25, 0.3) is 0 Å². The Morgan fingerprint density at radius 3 is 1.38 bits per heavy atom. The average Bonchev–Trinajstić information content (AvgIpc) is 1.64. The third kappa shape index (κ3) is 2.23. The minimum Gasteiger partial charge on any atom is -0.391 e. The number of aliphatic hydroxyl groups is 4. The van der Waals surface area contributed by atoms with E-state index in [0.717, 1.165) is 0 Å². The Balaban J connectivity index is 3.46. The molecule has 0 unspecified atom stereocenters. The number of hydrogen-bond donors (Lipinski definition) is 4. The summed E-state index contributed by atoms with van der Waals surface area (Å²) in [4.78, 5) is 0. The second-order valence-electron chi connectivity index (χ2n) is 1.64. The zero-order valence-corrected chi connectivity index (χ0v) is 4.52. The molecule has 0 fully saturated rings. The number of rotatable bonds is 2. The highest BCUT2D eigenvalue weighted by Gasteiger charge is 2.17. The van der Waals surface area contributed by atoms with Crippen molar-refractivity contribution in [2.75, 3.05) is 0 Å². The Hall–Kier alpha value is -0.160. The van der Waals surface area contributed by atoms with E-state index in [1.807, 2.05) is 0 Å². The van der Waals surface area contributed by atoms with Gasteiger partial charge in [0.15, 0.2) is 6.29 Å². The zero-order chi connectivity index (χ0) is 6.73. The van der Waals surface area contributed by atoms with E-state index in [-0.39, 0.29) is 0 Å². The van der Waals surface area contributed by atoms with Crippen LogP contribution < -0.4 is 0 Å². The first kappa shape index (κ1) is 7.84. The maximum Gasteiger partial charge on any atom is 0.180 e. The van der Waals surface area contributed by atoms with Gasteiger partial charge in [-0.3, -0.25) is 0 Å². The molecule has 0 spiro atoms. The summed E-state index contributed by atoms with van der Waals surface area (Å²) in [6.45, 7) is 1.27. The fourth-order valence-electron chi connectivity index (χ4n) is 0.249. The Bertz CT molecular complexity index is 53.1. The average molecular weight is 122 g/mol. The minimum atomic E-state index is -1.85.